The first-order chi connectivity index (χ1) is 9.47. The fraction of sp³-hybridized carbons (Fsp3) is 0.0833. The third kappa shape index (κ3) is 2.86. The Kier molecular flexibility index (Phi) is 3.56. The summed E-state index contributed by atoms with van der Waals surface area (Å²) in [6.07, 6.45) is 2.29. The van der Waals surface area contributed by atoms with Gasteiger partial charge in [0.1, 0.15) is 17.5 Å². The molecule has 102 valence electrons. The van der Waals surface area contributed by atoms with Gasteiger partial charge in [-0.25, -0.2) is 9.78 Å². The molecule has 1 N–H and O–H groups in total. The van der Waals surface area contributed by atoms with E-state index < -0.39 is 22.1 Å². The SMILES string of the molecule is Cc1ccc(Oc2cc(C(=O)O)c([N+](=O)[O-])cn2)cn1. The number of aryl methyl sites for hydroxylation is 1. The minimum absolute atomic E-state index is 0.0568. The average molecular weight is 275 g/mol. The van der Waals surface area contributed by atoms with Gasteiger partial charge >= 0.3 is 11.7 Å². The maximum absolute atomic E-state index is 11.0. The van der Waals surface area contributed by atoms with Gasteiger partial charge in [-0.05, 0) is 19.1 Å². The van der Waals surface area contributed by atoms with Crippen molar-refractivity contribution >= 4 is 11.7 Å². The first kappa shape index (κ1) is 13.4. The van der Waals surface area contributed by atoms with Gasteiger partial charge in [-0.3, -0.25) is 15.1 Å². The molecule has 0 unspecified atom stereocenters. The zero-order valence-corrected chi connectivity index (χ0v) is 10.3. The smallest absolute Gasteiger partial charge is 0.342 e. The van der Waals surface area contributed by atoms with E-state index in [4.69, 9.17) is 9.84 Å². The van der Waals surface area contributed by atoms with Crippen molar-refractivity contribution in [1.29, 1.82) is 0 Å². The van der Waals surface area contributed by atoms with Crippen LogP contribution in [-0.2, 0) is 0 Å². The standard InChI is InChI=1S/C12H9N3O5/c1-7-2-3-8(5-13-7)20-11-4-9(12(16)17)10(6-14-11)15(18)19/h2-6H,1H3,(H,16,17). The number of carbonyl (C=O) groups is 1. The third-order valence-corrected chi connectivity index (χ3v) is 2.39. The topological polar surface area (TPSA) is 115 Å². The Morgan fingerprint density at radius 3 is 2.65 bits per heavy atom. The van der Waals surface area contributed by atoms with Crippen LogP contribution in [0.3, 0.4) is 0 Å². The Balaban J connectivity index is 2.34. The van der Waals surface area contributed by atoms with Crippen LogP contribution >= 0.6 is 0 Å². The Bertz CT molecular complexity index is 669. The lowest BCUT2D eigenvalue weighted by Crippen LogP contribution is -2.04. The molecule has 0 amide bonds. The number of pyridine rings is 2. The molecule has 8 nitrogen and oxygen atoms in total. The van der Waals surface area contributed by atoms with Crippen LogP contribution in [0.2, 0.25) is 0 Å². The molecular formula is C12H9N3O5. The molecule has 0 fully saturated rings. The largest absolute Gasteiger partial charge is 0.477 e. The second kappa shape index (κ2) is 5.31. The Labute approximate surface area is 112 Å². The van der Waals surface area contributed by atoms with Gasteiger partial charge in [-0.1, -0.05) is 0 Å². The lowest BCUT2D eigenvalue weighted by atomic mass is 10.2. The summed E-state index contributed by atoms with van der Waals surface area (Å²) in [7, 11) is 0. The number of nitro groups is 1. The van der Waals surface area contributed by atoms with Crippen molar-refractivity contribution in [3.63, 3.8) is 0 Å². The van der Waals surface area contributed by atoms with Crippen LogP contribution in [0.4, 0.5) is 5.69 Å². The third-order valence-electron chi connectivity index (χ3n) is 2.39. The number of nitrogens with zero attached hydrogens (tertiary/aromatic N) is 3. The number of hydrogen-bond donors (Lipinski definition) is 1. The van der Waals surface area contributed by atoms with Crippen LogP contribution < -0.4 is 4.74 Å². The summed E-state index contributed by atoms with van der Waals surface area (Å²) in [6, 6.07) is 4.34. The highest BCUT2D eigenvalue weighted by molar-refractivity contribution is 5.92. The molecule has 0 atom stereocenters. The highest BCUT2D eigenvalue weighted by atomic mass is 16.6. The summed E-state index contributed by atoms with van der Waals surface area (Å²) in [5.41, 5.74) is -0.285. The molecule has 2 aromatic heterocycles. The normalized spacial score (nSPS) is 10.1. The summed E-state index contributed by atoms with van der Waals surface area (Å²) in [5, 5.41) is 19.6. The van der Waals surface area contributed by atoms with Crippen molar-refractivity contribution in [3.8, 4) is 11.6 Å². The van der Waals surface area contributed by atoms with Crippen LogP contribution in [0.25, 0.3) is 0 Å². The Morgan fingerprint density at radius 2 is 2.10 bits per heavy atom. The number of aromatic carboxylic acids is 1. The first-order valence-electron chi connectivity index (χ1n) is 5.45. The van der Waals surface area contributed by atoms with E-state index in [0.29, 0.717) is 5.75 Å². The number of carboxylic acids is 1. The summed E-state index contributed by atoms with van der Waals surface area (Å²) in [4.78, 5) is 28.6. The van der Waals surface area contributed by atoms with Crippen LogP contribution in [0.1, 0.15) is 16.1 Å². The van der Waals surface area contributed by atoms with E-state index in [1.165, 1.54) is 6.20 Å². The maximum atomic E-state index is 11.0. The van der Waals surface area contributed by atoms with Crippen molar-refractivity contribution in [2.45, 2.75) is 6.92 Å². The predicted molar refractivity (Wildman–Crippen MR) is 66.9 cm³/mol. The van der Waals surface area contributed by atoms with Crippen LogP contribution in [0.5, 0.6) is 11.6 Å². The molecule has 0 radical (unpaired) electrons. The first-order valence-corrected chi connectivity index (χ1v) is 5.45. The van der Waals surface area contributed by atoms with Crippen molar-refractivity contribution in [2.24, 2.45) is 0 Å². The lowest BCUT2D eigenvalue weighted by Gasteiger charge is -2.05. The Morgan fingerprint density at radius 1 is 1.35 bits per heavy atom. The van der Waals surface area contributed by atoms with Crippen molar-refractivity contribution < 1.29 is 19.6 Å². The fourth-order valence-corrected chi connectivity index (χ4v) is 1.44. The number of carboxylic acid groups (broad SMARTS) is 1. The monoisotopic (exact) mass is 275 g/mol. The molecule has 2 rings (SSSR count). The molecule has 0 saturated heterocycles. The number of ether oxygens (including phenoxy) is 1. The maximum Gasteiger partial charge on any atom is 0.342 e. The van der Waals surface area contributed by atoms with Gasteiger partial charge in [0.2, 0.25) is 5.88 Å². The van der Waals surface area contributed by atoms with Gasteiger partial charge in [-0.2, -0.15) is 0 Å². The van der Waals surface area contributed by atoms with Crippen LogP contribution in [-0.4, -0.2) is 26.0 Å². The summed E-state index contributed by atoms with van der Waals surface area (Å²) in [5.74, 6) is -1.13. The van der Waals surface area contributed by atoms with Crippen LogP contribution in [0, 0.1) is 17.0 Å². The second-order valence-electron chi connectivity index (χ2n) is 3.84. The quantitative estimate of drug-likeness (QED) is 0.671. The molecule has 0 aliphatic carbocycles. The molecule has 8 heteroatoms. The molecule has 0 spiro atoms. The molecule has 2 aromatic rings. The molecule has 20 heavy (non-hydrogen) atoms. The van der Waals surface area contributed by atoms with E-state index in [1.54, 1.807) is 19.1 Å². The second-order valence-corrected chi connectivity index (χ2v) is 3.84. The highest BCUT2D eigenvalue weighted by Gasteiger charge is 2.21. The van der Waals surface area contributed by atoms with Gasteiger partial charge in [0.25, 0.3) is 0 Å². The summed E-state index contributed by atoms with van der Waals surface area (Å²) >= 11 is 0. The average Bonchev–Trinajstić information content (AvgIpc) is 2.41. The summed E-state index contributed by atoms with van der Waals surface area (Å²) < 4.78 is 5.30. The minimum Gasteiger partial charge on any atom is -0.477 e. The Hall–Kier alpha value is -3.03. The van der Waals surface area contributed by atoms with Crippen molar-refractivity contribution in [1.82, 2.24) is 9.97 Å². The van der Waals surface area contributed by atoms with E-state index >= 15 is 0 Å². The van der Waals surface area contributed by atoms with E-state index in [2.05, 4.69) is 9.97 Å². The van der Waals surface area contributed by atoms with E-state index in [0.717, 1.165) is 18.0 Å². The molecule has 0 saturated carbocycles. The van der Waals surface area contributed by atoms with Gasteiger partial charge in [-0.15, -0.1) is 0 Å². The van der Waals surface area contributed by atoms with E-state index in [9.17, 15) is 14.9 Å². The van der Waals surface area contributed by atoms with Crippen LogP contribution in [0.15, 0.2) is 30.6 Å². The van der Waals surface area contributed by atoms with Gasteiger partial charge < -0.3 is 9.84 Å². The van der Waals surface area contributed by atoms with Gasteiger partial charge in [0.15, 0.2) is 0 Å². The van der Waals surface area contributed by atoms with E-state index in [1.807, 2.05) is 0 Å². The molecule has 0 bridgehead atoms. The highest BCUT2D eigenvalue weighted by Crippen LogP contribution is 2.24. The number of aromatic nitrogens is 2. The molecule has 0 aliphatic rings. The molecule has 0 aliphatic heterocycles. The fourth-order valence-electron chi connectivity index (χ4n) is 1.44. The number of hydrogen-bond acceptors (Lipinski definition) is 6. The zero-order valence-electron chi connectivity index (χ0n) is 10.3. The molecule has 2 heterocycles. The van der Waals surface area contributed by atoms with E-state index in [-0.39, 0.29) is 5.88 Å². The van der Waals surface area contributed by atoms with Crippen molar-refractivity contribution in [3.05, 3.63) is 52.0 Å². The van der Waals surface area contributed by atoms with Crippen molar-refractivity contribution in [2.75, 3.05) is 0 Å². The molecular weight excluding hydrogens is 266 g/mol. The summed E-state index contributed by atoms with van der Waals surface area (Å²) in [6.45, 7) is 1.80. The van der Waals surface area contributed by atoms with Gasteiger partial charge in [0.05, 0.1) is 11.1 Å². The minimum atomic E-state index is -1.43. The predicted octanol–water partition coefficient (Wildman–Crippen LogP) is 2.18. The number of rotatable bonds is 4. The zero-order chi connectivity index (χ0) is 14.7. The van der Waals surface area contributed by atoms with Gasteiger partial charge in [0, 0.05) is 11.8 Å². The lowest BCUT2D eigenvalue weighted by molar-refractivity contribution is -0.385. The molecule has 0 aromatic carbocycles.